The van der Waals surface area contributed by atoms with E-state index < -0.39 is 0 Å². The van der Waals surface area contributed by atoms with Gasteiger partial charge in [0.1, 0.15) is 0 Å². The van der Waals surface area contributed by atoms with Crippen LogP contribution >= 0.6 is 0 Å². The third kappa shape index (κ3) is 1.69. The normalized spacial score (nSPS) is 30.8. The molecule has 2 aromatic heterocycles. The topological polar surface area (TPSA) is 59.2 Å². The summed E-state index contributed by atoms with van der Waals surface area (Å²) in [6, 6.07) is 4.66. The van der Waals surface area contributed by atoms with Gasteiger partial charge < -0.3 is 4.90 Å². The Morgan fingerprint density at radius 2 is 2.11 bits per heavy atom. The highest BCUT2D eigenvalue weighted by Gasteiger charge is 2.41. The van der Waals surface area contributed by atoms with E-state index in [1.165, 1.54) is 30.3 Å². The minimum Gasteiger partial charge on any atom is -0.352 e. The highest BCUT2D eigenvalue weighted by Crippen LogP contribution is 2.41. The predicted octanol–water partition coefficient (Wildman–Crippen LogP) is 1.53. The Balaban J connectivity index is 1.70. The molecule has 2 aromatic rings. The van der Waals surface area contributed by atoms with Crippen molar-refractivity contribution in [2.24, 2.45) is 11.8 Å². The number of hydrogen-bond acceptors (Lipinski definition) is 5. The van der Waals surface area contributed by atoms with Crippen molar-refractivity contribution in [1.29, 1.82) is 0 Å². The van der Waals surface area contributed by atoms with Crippen LogP contribution in [-0.4, -0.2) is 37.8 Å². The molecular formula is C13H18N6. The summed E-state index contributed by atoms with van der Waals surface area (Å²) in [5.74, 6) is 2.61. The number of nitrogens with zero attached hydrogens (tertiary/aromatic N) is 6. The van der Waals surface area contributed by atoms with Gasteiger partial charge in [-0.1, -0.05) is 19.8 Å². The molecule has 3 atom stereocenters. The second-order valence-electron chi connectivity index (χ2n) is 5.86. The molecule has 6 nitrogen and oxygen atoms in total. The van der Waals surface area contributed by atoms with Crippen LogP contribution in [0, 0.1) is 11.8 Å². The first-order valence-electron chi connectivity index (χ1n) is 7.15. The smallest absolute Gasteiger partial charge is 0.200 e. The summed E-state index contributed by atoms with van der Waals surface area (Å²) in [7, 11) is 0. The van der Waals surface area contributed by atoms with Gasteiger partial charge in [0.25, 0.3) is 0 Å². The first-order valence-corrected chi connectivity index (χ1v) is 7.15. The Kier molecular flexibility index (Phi) is 2.43. The zero-order valence-corrected chi connectivity index (χ0v) is 11.1. The molecule has 100 valence electrons. The molecule has 1 aliphatic carbocycles. The molecule has 1 saturated carbocycles. The van der Waals surface area contributed by atoms with Crippen LogP contribution in [0.5, 0.6) is 0 Å². The lowest BCUT2D eigenvalue weighted by molar-refractivity contribution is 0.293. The van der Waals surface area contributed by atoms with Crippen molar-refractivity contribution in [3.05, 3.63) is 12.1 Å². The van der Waals surface area contributed by atoms with Crippen molar-refractivity contribution in [3.63, 3.8) is 0 Å². The van der Waals surface area contributed by atoms with Gasteiger partial charge in [-0.05, 0) is 47.2 Å². The third-order valence-electron chi connectivity index (χ3n) is 4.75. The van der Waals surface area contributed by atoms with Gasteiger partial charge in [-0.25, -0.2) is 0 Å². The maximum absolute atomic E-state index is 4.55. The van der Waals surface area contributed by atoms with Crippen molar-refractivity contribution < 1.29 is 0 Å². The monoisotopic (exact) mass is 258 g/mol. The summed E-state index contributed by atoms with van der Waals surface area (Å²) in [6.07, 6.45) is 5.40. The number of aromatic nitrogens is 5. The van der Waals surface area contributed by atoms with Crippen molar-refractivity contribution >= 4 is 11.5 Å². The van der Waals surface area contributed by atoms with Crippen LogP contribution < -0.4 is 4.90 Å². The average Bonchev–Trinajstić information content (AvgIpc) is 3.03. The minimum absolute atomic E-state index is 0.658. The van der Waals surface area contributed by atoms with Crippen LogP contribution in [0.1, 0.15) is 32.6 Å². The molecule has 4 rings (SSSR count). The van der Waals surface area contributed by atoms with Gasteiger partial charge in [-0.2, -0.15) is 0 Å². The van der Waals surface area contributed by atoms with Crippen molar-refractivity contribution in [3.8, 4) is 0 Å². The van der Waals surface area contributed by atoms with Crippen molar-refractivity contribution in [1.82, 2.24) is 25.3 Å². The number of tetrazole rings is 1. The number of rotatable bonds is 1. The molecule has 1 saturated heterocycles. The van der Waals surface area contributed by atoms with Crippen LogP contribution in [0.2, 0.25) is 0 Å². The van der Waals surface area contributed by atoms with E-state index in [1.54, 1.807) is 0 Å². The lowest BCUT2D eigenvalue weighted by Gasteiger charge is -2.32. The molecule has 19 heavy (non-hydrogen) atoms. The Hall–Kier alpha value is -1.72. The molecule has 0 bridgehead atoms. The molecule has 0 N–H and O–H groups in total. The van der Waals surface area contributed by atoms with Gasteiger partial charge in [0.2, 0.25) is 0 Å². The molecule has 2 aliphatic rings. The molecule has 3 unspecified atom stereocenters. The zero-order valence-electron chi connectivity index (χ0n) is 11.1. The molecule has 0 aromatic carbocycles. The van der Waals surface area contributed by atoms with Crippen LogP contribution in [0.4, 0.5) is 5.82 Å². The fraction of sp³-hybridized carbons (Fsp3) is 0.692. The lowest BCUT2D eigenvalue weighted by atomic mass is 9.80. The van der Waals surface area contributed by atoms with Gasteiger partial charge in [-0.15, -0.1) is 14.8 Å². The van der Waals surface area contributed by atoms with Crippen LogP contribution in [0.25, 0.3) is 5.65 Å². The van der Waals surface area contributed by atoms with E-state index in [9.17, 15) is 0 Å². The minimum atomic E-state index is 0.658. The fourth-order valence-corrected chi connectivity index (χ4v) is 3.83. The second-order valence-corrected chi connectivity index (χ2v) is 5.86. The molecule has 6 heteroatoms. The maximum Gasteiger partial charge on any atom is 0.200 e. The average molecular weight is 258 g/mol. The first kappa shape index (κ1) is 11.1. The Morgan fingerprint density at radius 1 is 1.21 bits per heavy atom. The number of fused-ring (bicyclic) bond motifs is 2. The third-order valence-corrected chi connectivity index (χ3v) is 4.75. The molecule has 0 radical (unpaired) electrons. The maximum atomic E-state index is 4.55. The zero-order chi connectivity index (χ0) is 12.8. The van der Waals surface area contributed by atoms with Gasteiger partial charge in [0, 0.05) is 12.6 Å². The highest BCUT2D eigenvalue weighted by molar-refractivity contribution is 5.46. The van der Waals surface area contributed by atoms with Crippen LogP contribution in [0.3, 0.4) is 0 Å². The van der Waals surface area contributed by atoms with E-state index in [1.807, 2.05) is 6.07 Å². The summed E-state index contributed by atoms with van der Waals surface area (Å²) in [5.41, 5.74) is 0.705. The summed E-state index contributed by atoms with van der Waals surface area (Å²) in [6.45, 7) is 3.48. The van der Waals surface area contributed by atoms with Gasteiger partial charge in [0.05, 0.1) is 0 Å². The quantitative estimate of drug-likeness (QED) is 0.776. The molecular weight excluding hydrogens is 240 g/mol. The number of hydrogen-bond donors (Lipinski definition) is 0. The summed E-state index contributed by atoms with van der Waals surface area (Å²) < 4.78 is 1.52. The van der Waals surface area contributed by atoms with E-state index in [0.717, 1.165) is 24.2 Å². The van der Waals surface area contributed by atoms with Crippen molar-refractivity contribution in [2.75, 3.05) is 11.4 Å². The van der Waals surface area contributed by atoms with E-state index in [2.05, 4.69) is 38.5 Å². The SMILES string of the molecule is CC1CN(c2ccc3nnnn3n2)C2CCCCC12. The van der Waals surface area contributed by atoms with Crippen LogP contribution in [-0.2, 0) is 0 Å². The standard InChI is InChI=1S/C13H18N6/c1-9-8-18(11-5-3-2-4-10(9)11)13-7-6-12-14-16-17-19(12)15-13/h6-7,9-11H,2-5,8H2,1H3. The Labute approximate surface area is 111 Å². The molecule has 0 spiro atoms. The summed E-state index contributed by atoms with van der Waals surface area (Å²) in [5, 5.41) is 16.0. The Morgan fingerprint density at radius 3 is 3.05 bits per heavy atom. The van der Waals surface area contributed by atoms with E-state index in [4.69, 9.17) is 0 Å². The summed E-state index contributed by atoms with van der Waals surface area (Å²) in [4.78, 5) is 2.47. The van der Waals surface area contributed by atoms with E-state index in [0.29, 0.717) is 11.7 Å². The largest absolute Gasteiger partial charge is 0.352 e. The molecule has 1 aliphatic heterocycles. The Bertz CT molecular complexity index is 594. The lowest BCUT2D eigenvalue weighted by Crippen LogP contribution is -2.35. The van der Waals surface area contributed by atoms with Gasteiger partial charge >= 0.3 is 0 Å². The van der Waals surface area contributed by atoms with Gasteiger partial charge in [0.15, 0.2) is 11.5 Å². The van der Waals surface area contributed by atoms with Crippen LogP contribution in [0.15, 0.2) is 12.1 Å². The molecule has 0 amide bonds. The van der Waals surface area contributed by atoms with Crippen molar-refractivity contribution in [2.45, 2.75) is 38.6 Å². The number of anilines is 1. The highest BCUT2D eigenvalue weighted by atomic mass is 15.6. The van der Waals surface area contributed by atoms with E-state index in [-0.39, 0.29) is 0 Å². The van der Waals surface area contributed by atoms with E-state index >= 15 is 0 Å². The molecule has 3 heterocycles. The molecule has 2 fully saturated rings. The first-order chi connectivity index (χ1) is 9.33. The summed E-state index contributed by atoms with van der Waals surface area (Å²) >= 11 is 0. The van der Waals surface area contributed by atoms with Gasteiger partial charge in [-0.3, -0.25) is 0 Å². The fourth-order valence-electron chi connectivity index (χ4n) is 3.83. The second kappa shape index (κ2) is 4.15. The predicted molar refractivity (Wildman–Crippen MR) is 70.8 cm³/mol.